The number of esters is 1. The van der Waals surface area contributed by atoms with Gasteiger partial charge in [-0.05, 0) is 31.2 Å². The third kappa shape index (κ3) is 4.63. The molecule has 9 heteroatoms. The fourth-order valence-corrected chi connectivity index (χ4v) is 2.94. The van der Waals surface area contributed by atoms with Crippen LogP contribution in [-0.2, 0) is 19.4 Å². The monoisotopic (exact) mass is 383 g/mol. The summed E-state index contributed by atoms with van der Waals surface area (Å²) in [5.74, 6) is -3.55. The van der Waals surface area contributed by atoms with E-state index in [0.717, 1.165) is 24.5 Å². The number of anilines is 1. The molecule has 0 radical (unpaired) electrons. The van der Waals surface area contributed by atoms with Gasteiger partial charge in [-0.3, -0.25) is 4.79 Å². The molecule has 0 aliphatic carbocycles. The van der Waals surface area contributed by atoms with Crippen LogP contribution in [0.2, 0.25) is 0 Å². The van der Waals surface area contributed by atoms with E-state index in [0.29, 0.717) is 0 Å². The molecule has 26 heavy (non-hydrogen) atoms. The molecule has 0 heterocycles. The van der Waals surface area contributed by atoms with Gasteiger partial charge in [-0.15, -0.1) is 0 Å². The molecule has 0 spiro atoms. The summed E-state index contributed by atoms with van der Waals surface area (Å²) in [6.07, 6.45) is -0.445. The van der Waals surface area contributed by atoms with Crippen LogP contribution in [0.3, 0.4) is 0 Å². The van der Waals surface area contributed by atoms with Gasteiger partial charge in [0.05, 0.1) is 16.1 Å². The maximum Gasteiger partial charge on any atom is 0.340 e. The molecule has 1 N–H and O–H groups in total. The lowest BCUT2D eigenvalue weighted by atomic mass is 10.2. The first-order chi connectivity index (χ1) is 12.1. The van der Waals surface area contributed by atoms with E-state index in [-0.39, 0.29) is 10.5 Å². The lowest BCUT2D eigenvalue weighted by Gasteiger charge is -2.15. The van der Waals surface area contributed by atoms with Crippen molar-refractivity contribution in [1.82, 2.24) is 0 Å². The van der Waals surface area contributed by atoms with E-state index in [1.165, 1.54) is 31.2 Å². The highest BCUT2D eigenvalue weighted by Crippen LogP contribution is 2.18. The summed E-state index contributed by atoms with van der Waals surface area (Å²) in [6, 6.07) is 7.86. The molecule has 1 atom stereocenters. The molecule has 0 aliphatic heterocycles. The topological polar surface area (TPSA) is 89.5 Å². The smallest absolute Gasteiger partial charge is 0.340 e. The third-order valence-corrected chi connectivity index (χ3v) is 4.50. The first-order valence-corrected chi connectivity index (χ1v) is 9.24. The Morgan fingerprint density at radius 2 is 1.77 bits per heavy atom. The maximum atomic E-state index is 13.5. The van der Waals surface area contributed by atoms with Crippen molar-refractivity contribution in [2.75, 3.05) is 11.6 Å². The average Bonchev–Trinajstić information content (AvgIpc) is 2.57. The second kappa shape index (κ2) is 7.61. The van der Waals surface area contributed by atoms with Crippen LogP contribution in [-0.4, -0.2) is 32.7 Å². The summed E-state index contributed by atoms with van der Waals surface area (Å²) >= 11 is 0. The summed E-state index contributed by atoms with van der Waals surface area (Å²) in [4.78, 5) is 24.0. The molecular weight excluding hydrogens is 368 g/mol. The summed E-state index contributed by atoms with van der Waals surface area (Å²) in [7, 11) is -3.69. The quantitative estimate of drug-likeness (QED) is 0.802. The molecule has 0 saturated carbocycles. The van der Waals surface area contributed by atoms with Crippen LogP contribution in [0.25, 0.3) is 0 Å². The van der Waals surface area contributed by atoms with E-state index in [9.17, 15) is 26.8 Å². The SMILES string of the molecule is C[C@@H](OC(=O)c1ccccc1S(C)(=O)=O)C(=O)Nc1cc(F)ccc1F. The number of ether oxygens (including phenoxy) is 1. The first-order valence-electron chi connectivity index (χ1n) is 7.35. The zero-order chi connectivity index (χ0) is 19.5. The Morgan fingerprint density at radius 1 is 1.12 bits per heavy atom. The van der Waals surface area contributed by atoms with Crippen LogP contribution >= 0.6 is 0 Å². The van der Waals surface area contributed by atoms with Crippen LogP contribution in [0.1, 0.15) is 17.3 Å². The van der Waals surface area contributed by atoms with Crippen LogP contribution < -0.4 is 5.32 Å². The predicted octanol–water partition coefficient (Wildman–Crippen LogP) is 2.55. The van der Waals surface area contributed by atoms with Crippen LogP contribution in [0.15, 0.2) is 47.4 Å². The zero-order valence-corrected chi connectivity index (χ0v) is 14.6. The fraction of sp³-hybridized carbons (Fsp3) is 0.176. The predicted molar refractivity (Wildman–Crippen MR) is 89.4 cm³/mol. The van der Waals surface area contributed by atoms with Gasteiger partial charge in [-0.1, -0.05) is 12.1 Å². The molecule has 138 valence electrons. The number of nitrogens with one attached hydrogen (secondary N) is 1. The Hall–Kier alpha value is -2.81. The van der Waals surface area contributed by atoms with Crippen molar-refractivity contribution in [2.24, 2.45) is 0 Å². The Labute approximate surface area is 148 Å². The first kappa shape index (κ1) is 19.5. The second-order valence-electron chi connectivity index (χ2n) is 5.43. The number of amides is 1. The third-order valence-electron chi connectivity index (χ3n) is 3.35. The molecule has 1 amide bonds. The van der Waals surface area contributed by atoms with Crippen molar-refractivity contribution in [3.05, 3.63) is 59.7 Å². The molecule has 0 bridgehead atoms. The highest BCUT2D eigenvalue weighted by molar-refractivity contribution is 7.90. The molecule has 0 aliphatic rings. The molecule has 6 nitrogen and oxygen atoms in total. The number of carbonyl (C=O) groups excluding carboxylic acids is 2. The fourth-order valence-electron chi connectivity index (χ4n) is 2.06. The Morgan fingerprint density at radius 3 is 2.42 bits per heavy atom. The number of sulfone groups is 1. The highest BCUT2D eigenvalue weighted by Gasteiger charge is 2.24. The number of hydrogen-bond donors (Lipinski definition) is 1. The van der Waals surface area contributed by atoms with Gasteiger partial charge in [0.2, 0.25) is 0 Å². The van der Waals surface area contributed by atoms with Gasteiger partial charge < -0.3 is 10.1 Å². The van der Waals surface area contributed by atoms with Crippen molar-refractivity contribution in [1.29, 1.82) is 0 Å². The van der Waals surface area contributed by atoms with Gasteiger partial charge in [0.25, 0.3) is 5.91 Å². The minimum Gasteiger partial charge on any atom is -0.449 e. The molecule has 0 saturated heterocycles. The number of carbonyl (C=O) groups is 2. The minimum atomic E-state index is -3.69. The number of rotatable bonds is 5. The van der Waals surface area contributed by atoms with Crippen LogP contribution in [0.5, 0.6) is 0 Å². The molecule has 0 unspecified atom stereocenters. The summed E-state index contributed by atoms with van der Waals surface area (Å²) in [5.41, 5.74) is -0.638. The van der Waals surface area contributed by atoms with Gasteiger partial charge in [0.1, 0.15) is 11.6 Å². The Bertz CT molecular complexity index is 959. The lowest BCUT2D eigenvalue weighted by Crippen LogP contribution is -2.30. The number of hydrogen-bond acceptors (Lipinski definition) is 5. The summed E-state index contributed by atoms with van der Waals surface area (Å²) in [5, 5.41) is 2.10. The van der Waals surface area contributed by atoms with Crippen LogP contribution in [0, 0.1) is 11.6 Å². The molecule has 0 aromatic heterocycles. The van der Waals surface area contributed by atoms with Crippen molar-refractivity contribution < 1.29 is 31.5 Å². The number of halogens is 2. The highest BCUT2D eigenvalue weighted by atomic mass is 32.2. The Kier molecular flexibility index (Phi) is 5.71. The standard InChI is InChI=1S/C17H15F2NO5S/c1-10(16(21)20-14-9-11(18)7-8-13(14)19)25-17(22)12-5-3-4-6-15(12)26(2,23)24/h3-10H,1-2H3,(H,20,21)/t10-/m1/s1. The van der Waals surface area contributed by atoms with Gasteiger partial charge in [-0.25, -0.2) is 22.0 Å². The van der Waals surface area contributed by atoms with E-state index < -0.39 is 45.1 Å². The van der Waals surface area contributed by atoms with E-state index >= 15 is 0 Å². The van der Waals surface area contributed by atoms with E-state index in [1.54, 1.807) is 0 Å². The van der Waals surface area contributed by atoms with Gasteiger partial charge >= 0.3 is 5.97 Å². The van der Waals surface area contributed by atoms with E-state index in [2.05, 4.69) is 5.32 Å². The molecule has 2 aromatic rings. The van der Waals surface area contributed by atoms with Gasteiger partial charge in [-0.2, -0.15) is 0 Å². The Balaban J connectivity index is 2.15. The van der Waals surface area contributed by atoms with Crippen molar-refractivity contribution >= 4 is 27.4 Å². The maximum absolute atomic E-state index is 13.5. The molecule has 2 rings (SSSR count). The van der Waals surface area contributed by atoms with Gasteiger partial charge in [0.15, 0.2) is 15.9 Å². The van der Waals surface area contributed by atoms with Crippen LogP contribution in [0.4, 0.5) is 14.5 Å². The second-order valence-corrected chi connectivity index (χ2v) is 7.41. The summed E-state index contributed by atoms with van der Waals surface area (Å²) < 4.78 is 55.1. The summed E-state index contributed by atoms with van der Waals surface area (Å²) in [6.45, 7) is 1.22. The lowest BCUT2D eigenvalue weighted by molar-refractivity contribution is -0.123. The molecule has 0 fully saturated rings. The largest absolute Gasteiger partial charge is 0.449 e. The molecule has 2 aromatic carbocycles. The van der Waals surface area contributed by atoms with Gasteiger partial charge in [0, 0.05) is 12.3 Å². The van der Waals surface area contributed by atoms with Crippen molar-refractivity contribution in [3.63, 3.8) is 0 Å². The normalized spacial score (nSPS) is 12.3. The average molecular weight is 383 g/mol. The zero-order valence-electron chi connectivity index (χ0n) is 13.8. The van der Waals surface area contributed by atoms with E-state index in [4.69, 9.17) is 4.74 Å². The number of benzene rings is 2. The minimum absolute atomic E-state index is 0.230. The van der Waals surface area contributed by atoms with Crippen molar-refractivity contribution in [2.45, 2.75) is 17.9 Å². The molecular formula is C17H15F2NO5S. The van der Waals surface area contributed by atoms with Crippen molar-refractivity contribution in [3.8, 4) is 0 Å². The van der Waals surface area contributed by atoms with E-state index in [1.807, 2.05) is 0 Å².